The van der Waals surface area contributed by atoms with E-state index in [1.54, 1.807) is 17.0 Å². The summed E-state index contributed by atoms with van der Waals surface area (Å²) < 4.78 is 23.3. The molecule has 1 N–H and O–H groups in total. The Morgan fingerprint density at radius 1 is 1.11 bits per heavy atom. The highest BCUT2D eigenvalue weighted by Crippen LogP contribution is 2.49. The maximum Gasteiger partial charge on any atom is 0.306 e. The number of hydrogen-bond donors (Lipinski definition) is 1. The summed E-state index contributed by atoms with van der Waals surface area (Å²) in [4.78, 5) is 29.3. The van der Waals surface area contributed by atoms with Crippen molar-refractivity contribution in [3.05, 3.63) is 29.3 Å². The average Bonchev–Trinajstić information content (AvgIpc) is 2.84. The van der Waals surface area contributed by atoms with Gasteiger partial charge in [0.15, 0.2) is 6.10 Å². The van der Waals surface area contributed by atoms with E-state index < -0.39 is 17.7 Å². The van der Waals surface area contributed by atoms with Crippen LogP contribution in [0.5, 0.6) is 11.5 Å². The summed E-state index contributed by atoms with van der Waals surface area (Å²) in [5.41, 5.74) is 0.252. The standard InChI is InChI=1S/C27H38N2O7/c1-18(2)17-22(31)35-26-24(29-11-15-34-16-12-29)23-20(36-27(26,3)4)7-5-19(25(23)32)6-8-21(30)28-9-13-33-14-10-28/h5-8,18,24,26,32H,9-17H2,1-4H3/b8-6+/t24-,26-/m0/s1. The van der Waals surface area contributed by atoms with Crippen molar-refractivity contribution in [1.29, 1.82) is 0 Å². The summed E-state index contributed by atoms with van der Waals surface area (Å²) >= 11 is 0. The highest BCUT2D eigenvalue weighted by molar-refractivity contribution is 5.92. The molecule has 1 aromatic rings. The highest BCUT2D eigenvalue weighted by atomic mass is 16.6. The SMILES string of the molecule is CC(C)CC(=O)O[C@H]1[C@@H](N2CCOCC2)c2c(ccc(/C=C/C(=O)N3CCOCC3)c2O)OC1(C)C. The minimum absolute atomic E-state index is 0.0235. The molecule has 2 fully saturated rings. The molecule has 3 aliphatic rings. The number of nitrogens with zero attached hydrogens (tertiary/aromatic N) is 2. The number of aromatic hydroxyl groups is 1. The van der Waals surface area contributed by atoms with Crippen LogP contribution in [0.1, 0.15) is 51.3 Å². The minimum Gasteiger partial charge on any atom is -0.507 e. The zero-order valence-electron chi connectivity index (χ0n) is 21.7. The van der Waals surface area contributed by atoms with E-state index in [1.807, 2.05) is 33.8 Å². The van der Waals surface area contributed by atoms with Crippen LogP contribution in [0.3, 0.4) is 0 Å². The largest absolute Gasteiger partial charge is 0.507 e. The fraction of sp³-hybridized carbons (Fsp3) is 0.630. The molecule has 198 valence electrons. The second-order valence-electron chi connectivity index (χ2n) is 10.5. The Hall–Kier alpha value is -2.62. The van der Waals surface area contributed by atoms with E-state index in [4.69, 9.17) is 18.9 Å². The van der Waals surface area contributed by atoms with Crippen LogP contribution in [0.15, 0.2) is 18.2 Å². The van der Waals surface area contributed by atoms with Crippen LogP contribution < -0.4 is 4.74 Å². The van der Waals surface area contributed by atoms with E-state index in [0.29, 0.717) is 75.9 Å². The van der Waals surface area contributed by atoms with Crippen LogP contribution >= 0.6 is 0 Å². The van der Waals surface area contributed by atoms with E-state index in [0.717, 1.165) is 0 Å². The third kappa shape index (κ3) is 5.85. The number of carbonyl (C=O) groups is 2. The molecule has 0 radical (unpaired) electrons. The summed E-state index contributed by atoms with van der Waals surface area (Å²) in [6, 6.07) is 3.14. The van der Waals surface area contributed by atoms with E-state index >= 15 is 0 Å². The lowest BCUT2D eigenvalue weighted by Gasteiger charge is -2.48. The number of fused-ring (bicyclic) bond motifs is 1. The van der Waals surface area contributed by atoms with Gasteiger partial charge in [-0.15, -0.1) is 0 Å². The van der Waals surface area contributed by atoms with Gasteiger partial charge >= 0.3 is 5.97 Å². The summed E-state index contributed by atoms with van der Waals surface area (Å²) in [6.45, 7) is 12.3. The second-order valence-corrected chi connectivity index (χ2v) is 10.5. The van der Waals surface area contributed by atoms with Crippen LogP contribution in [0.4, 0.5) is 0 Å². The quantitative estimate of drug-likeness (QED) is 0.469. The van der Waals surface area contributed by atoms with Crippen molar-refractivity contribution in [2.45, 2.75) is 51.9 Å². The molecule has 2 atom stereocenters. The lowest BCUT2D eigenvalue weighted by molar-refractivity contribution is -0.175. The first-order valence-electron chi connectivity index (χ1n) is 12.8. The molecule has 0 bridgehead atoms. The van der Waals surface area contributed by atoms with Gasteiger partial charge in [-0.05, 0) is 38.0 Å². The molecule has 3 heterocycles. The predicted molar refractivity (Wildman–Crippen MR) is 134 cm³/mol. The van der Waals surface area contributed by atoms with Crippen molar-refractivity contribution in [3.8, 4) is 11.5 Å². The number of phenols is 1. The molecule has 1 aromatic carbocycles. The first kappa shape index (κ1) is 26.4. The Bertz CT molecular complexity index is 979. The number of rotatable bonds is 6. The van der Waals surface area contributed by atoms with Crippen molar-refractivity contribution in [2.75, 3.05) is 52.6 Å². The lowest BCUT2D eigenvalue weighted by atomic mass is 9.83. The zero-order chi connectivity index (χ0) is 25.9. The number of benzene rings is 1. The molecular weight excluding hydrogens is 464 g/mol. The van der Waals surface area contributed by atoms with Gasteiger partial charge in [0.1, 0.15) is 17.1 Å². The number of morpholine rings is 2. The molecule has 0 aromatic heterocycles. The molecule has 2 saturated heterocycles. The van der Waals surface area contributed by atoms with Gasteiger partial charge in [0.25, 0.3) is 0 Å². The lowest BCUT2D eigenvalue weighted by Crippen LogP contribution is -2.57. The molecule has 4 rings (SSSR count). The van der Waals surface area contributed by atoms with Gasteiger partial charge in [-0.2, -0.15) is 0 Å². The van der Waals surface area contributed by atoms with E-state index in [2.05, 4.69) is 4.90 Å². The molecule has 9 heteroatoms. The van der Waals surface area contributed by atoms with Crippen molar-refractivity contribution in [1.82, 2.24) is 9.80 Å². The summed E-state index contributed by atoms with van der Waals surface area (Å²) in [5, 5.41) is 11.5. The molecule has 9 nitrogen and oxygen atoms in total. The molecular formula is C27H38N2O7. The molecule has 0 aliphatic carbocycles. The van der Waals surface area contributed by atoms with E-state index in [-0.39, 0.29) is 23.5 Å². The third-order valence-electron chi connectivity index (χ3n) is 6.85. The summed E-state index contributed by atoms with van der Waals surface area (Å²) in [5.74, 6) is 0.309. The summed E-state index contributed by atoms with van der Waals surface area (Å²) in [7, 11) is 0. The minimum atomic E-state index is -0.821. The molecule has 1 amide bonds. The van der Waals surface area contributed by atoms with E-state index in [1.165, 1.54) is 6.08 Å². The Kier molecular flexibility index (Phi) is 8.22. The van der Waals surface area contributed by atoms with Crippen molar-refractivity contribution >= 4 is 18.0 Å². The molecule has 0 unspecified atom stereocenters. The van der Waals surface area contributed by atoms with Gasteiger partial charge < -0.3 is 29.0 Å². The predicted octanol–water partition coefficient (Wildman–Crippen LogP) is 2.77. The maximum absolute atomic E-state index is 12.8. The fourth-order valence-corrected chi connectivity index (χ4v) is 5.00. The van der Waals surface area contributed by atoms with Crippen molar-refractivity contribution in [3.63, 3.8) is 0 Å². The number of amides is 1. The number of esters is 1. The number of phenolic OH excluding ortho intramolecular Hbond substituents is 1. The Morgan fingerprint density at radius 2 is 1.75 bits per heavy atom. The van der Waals surface area contributed by atoms with Crippen LogP contribution in [0.25, 0.3) is 6.08 Å². The normalized spacial score (nSPS) is 24.4. The zero-order valence-corrected chi connectivity index (χ0v) is 21.7. The number of carbonyl (C=O) groups excluding carboxylic acids is 2. The van der Waals surface area contributed by atoms with Crippen LogP contribution in [0.2, 0.25) is 0 Å². The van der Waals surface area contributed by atoms with Gasteiger partial charge in [-0.1, -0.05) is 13.8 Å². The Morgan fingerprint density at radius 3 is 2.39 bits per heavy atom. The monoisotopic (exact) mass is 502 g/mol. The topological polar surface area (TPSA) is 97.8 Å². The number of hydrogen-bond acceptors (Lipinski definition) is 8. The second kappa shape index (κ2) is 11.2. The van der Waals surface area contributed by atoms with Gasteiger partial charge in [-0.25, -0.2) is 0 Å². The smallest absolute Gasteiger partial charge is 0.306 e. The maximum atomic E-state index is 12.8. The van der Waals surface area contributed by atoms with Crippen LogP contribution in [-0.2, 0) is 23.8 Å². The van der Waals surface area contributed by atoms with Gasteiger partial charge in [0.2, 0.25) is 5.91 Å². The van der Waals surface area contributed by atoms with E-state index in [9.17, 15) is 14.7 Å². The van der Waals surface area contributed by atoms with Gasteiger partial charge in [0.05, 0.1) is 38.0 Å². The molecule has 36 heavy (non-hydrogen) atoms. The van der Waals surface area contributed by atoms with Crippen molar-refractivity contribution in [2.24, 2.45) is 5.92 Å². The van der Waals surface area contributed by atoms with Crippen molar-refractivity contribution < 1.29 is 33.6 Å². The Balaban J connectivity index is 1.69. The Labute approximate surface area is 212 Å². The van der Waals surface area contributed by atoms with Crippen LogP contribution in [-0.4, -0.2) is 91.1 Å². The molecule has 0 spiro atoms. The van der Waals surface area contributed by atoms with Crippen LogP contribution in [0, 0.1) is 5.92 Å². The molecule has 0 saturated carbocycles. The highest BCUT2D eigenvalue weighted by Gasteiger charge is 2.50. The van der Waals surface area contributed by atoms with Gasteiger partial charge in [0, 0.05) is 44.2 Å². The van der Waals surface area contributed by atoms with Gasteiger partial charge in [-0.3, -0.25) is 14.5 Å². The third-order valence-corrected chi connectivity index (χ3v) is 6.85. The average molecular weight is 503 g/mol. The summed E-state index contributed by atoms with van der Waals surface area (Å²) in [6.07, 6.45) is 2.76. The first-order chi connectivity index (χ1) is 17.2. The first-order valence-corrected chi connectivity index (χ1v) is 12.8. The number of ether oxygens (including phenoxy) is 4. The fourth-order valence-electron chi connectivity index (χ4n) is 5.00. The molecule has 3 aliphatic heterocycles.